The molecular formula is C19H21N5O3. The quantitative estimate of drug-likeness (QED) is 0.739. The van der Waals surface area contributed by atoms with Gasteiger partial charge in [0.1, 0.15) is 16.8 Å². The van der Waals surface area contributed by atoms with Crippen molar-refractivity contribution >= 4 is 16.9 Å². The Kier molecular flexibility index (Phi) is 3.93. The Hall–Kier alpha value is -2.74. The molecule has 5 rings (SSSR count). The van der Waals surface area contributed by atoms with Crippen molar-refractivity contribution in [1.82, 2.24) is 25.7 Å². The van der Waals surface area contributed by atoms with Crippen molar-refractivity contribution in [2.24, 2.45) is 5.92 Å². The van der Waals surface area contributed by atoms with Crippen LogP contribution in [0.25, 0.3) is 11.0 Å². The van der Waals surface area contributed by atoms with Crippen LogP contribution in [0.15, 0.2) is 33.4 Å². The molecular weight excluding hydrogens is 346 g/mol. The van der Waals surface area contributed by atoms with Gasteiger partial charge in [-0.3, -0.25) is 9.69 Å². The van der Waals surface area contributed by atoms with Gasteiger partial charge in [-0.25, -0.2) is 4.63 Å². The predicted molar refractivity (Wildman–Crippen MR) is 96.0 cm³/mol. The number of nitrogens with one attached hydrogen (secondary N) is 1. The van der Waals surface area contributed by atoms with Crippen molar-refractivity contribution in [2.75, 3.05) is 13.1 Å². The Labute approximate surface area is 155 Å². The average Bonchev–Trinajstić information content (AvgIpc) is 3.05. The number of carbonyl (C=O) groups excluding carboxylic acids is 1. The summed E-state index contributed by atoms with van der Waals surface area (Å²) in [6.45, 7) is 4.69. The summed E-state index contributed by atoms with van der Waals surface area (Å²) in [5.74, 6) is 1.50. The zero-order valence-electron chi connectivity index (χ0n) is 15.1. The fourth-order valence-corrected chi connectivity index (χ4v) is 3.77. The van der Waals surface area contributed by atoms with Crippen molar-refractivity contribution in [2.45, 2.75) is 38.3 Å². The normalized spacial score (nSPS) is 23.1. The van der Waals surface area contributed by atoms with E-state index in [1.165, 1.54) is 0 Å². The molecule has 1 N–H and O–H groups in total. The molecule has 2 aliphatic rings. The summed E-state index contributed by atoms with van der Waals surface area (Å²) >= 11 is 0. The smallest absolute Gasteiger partial charge is 0.273 e. The van der Waals surface area contributed by atoms with Crippen molar-refractivity contribution in [3.63, 3.8) is 0 Å². The molecule has 8 heteroatoms. The number of hydrogen-bond donors (Lipinski definition) is 1. The van der Waals surface area contributed by atoms with Crippen molar-refractivity contribution in [3.05, 3.63) is 41.3 Å². The average molecular weight is 367 g/mol. The molecule has 2 aromatic heterocycles. The fraction of sp³-hybridized carbons (Fsp3) is 0.474. The van der Waals surface area contributed by atoms with Gasteiger partial charge in [-0.1, -0.05) is 18.1 Å². The van der Waals surface area contributed by atoms with E-state index in [1.807, 2.05) is 18.2 Å². The molecule has 0 bridgehead atoms. The van der Waals surface area contributed by atoms with Crippen LogP contribution in [0.3, 0.4) is 0 Å². The van der Waals surface area contributed by atoms with Gasteiger partial charge in [-0.2, -0.15) is 0 Å². The predicted octanol–water partition coefficient (Wildman–Crippen LogP) is 2.34. The molecule has 1 amide bonds. The number of fused-ring (bicyclic) bond motifs is 1. The number of benzene rings is 1. The highest BCUT2D eigenvalue weighted by Crippen LogP contribution is 2.40. The third-order valence-corrected chi connectivity index (χ3v) is 5.47. The van der Waals surface area contributed by atoms with Gasteiger partial charge in [0.15, 0.2) is 5.69 Å². The van der Waals surface area contributed by atoms with Gasteiger partial charge in [0.2, 0.25) is 0 Å². The van der Waals surface area contributed by atoms with Crippen LogP contribution < -0.4 is 5.32 Å². The standard InChI is InChI=1S/C19H21N5O3/c1-11-8-24(9-12-2-5-14-15(6-12)23-27-22-14)10-17(11)20-19(25)16-7-18(26-21-16)13-3-4-13/h2,5-7,11,13,17H,3-4,8-10H2,1H3,(H,20,25)/t11-,17-/m1/s1. The first-order chi connectivity index (χ1) is 13.2. The molecule has 27 heavy (non-hydrogen) atoms. The summed E-state index contributed by atoms with van der Waals surface area (Å²) in [6, 6.07) is 7.83. The number of nitrogens with zero attached hydrogens (tertiary/aromatic N) is 4. The van der Waals surface area contributed by atoms with Crippen LogP contribution in [0.1, 0.15) is 47.5 Å². The zero-order valence-corrected chi connectivity index (χ0v) is 15.1. The minimum Gasteiger partial charge on any atom is -0.360 e. The Morgan fingerprint density at radius 1 is 1.19 bits per heavy atom. The highest BCUT2D eigenvalue weighted by atomic mass is 16.6. The highest BCUT2D eigenvalue weighted by Gasteiger charge is 2.33. The molecule has 2 fully saturated rings. The van der Waals surface area contributed by atoms with E-state index in [1.54, 1.807) is 6.07 Å². The maximum absolute atomic E-state index is 12.5. The second-order valence-electron chi connectivity index (χ2n) is 7.73. The summed E-state index contributed by atoms with van der Waals surface area (Å²) in [5, 5.41) is 14.8. The second-order valence-corrected chi connectivity index (χ2v) is 7.73. The van der Waals surface area contributed by atoms with Crippen LogP contribution in [0.5, 0.6) is 0 Å². The van der Waals surface area contributed by atoms with Gasteiger partial charge < -0.3 is 9.84 Å². The first-order valence-electron chi connectivity index (χ1n) is 9.37. The lowest BCUT2D eigenvalue weighted by Gasteiger charge is -2.16. The summed E-state index contributed by atoms with van der Waals surface area (Å²) in [6.07, 6.45) is 2.25. The van der Waals surface area contributed by atoms with E-state index in [2.05, 4.69) is 32.6 Å². The number of rotatable bonds is 5. The Bertz CT molecular complexity index is 977. The lowest BCUT2D eigenvalue weighted by molar-refractivity contribution is 0.0922. The molecule has 8 nitrogen and oxygen atoms in total. The molecule has 1 aliphatic carbocycles. The Morgan fingerprint density at radius 2 is 2.04 bits per heavy atom. The van der Waals surface area contributed by atoms with Crippen LogP contribution in [0.4, 0.5) is 0 Å². The van der Waals surface area contributed by atoms with E-state index in [4.69, 9.17) is 9.15 Å². The van der Waals surface area contributed by atoms with Crippen molar-refractivity contribution in [1.29, 1.82) is 0 Å². The zero-order chi connectivity index (χ0) is 18.4. The summed E-state index contributed by atoms with van der Waals surface area (Å²) < 4.78 is 10.0. The molecule has 0 unspecified atom stereocenters. The van der Waals surface area contributed by atoms with Crippen LogP contribution in [-0.2, 0) is 6.54 Å². The van der Waals surface area contributed by atoms with E-state index in [-0.39, 0.29) is 11.9 Å². The third-order valence-electron chi connectivity index (χ3n) is 5.47. The van der Waals surface area contributed by atoms with Crippen LogP contribution in [-0.4, -0.2) is 45.4 Å². The SMILES string of the molecule is C[C@@H]1CN(Cc2ccc3nonc3c2)C[C@H]1NC(=O)c1cc(C2CC2)on1. The first-order valence-corrected chi connectivity index (χ1v) is 9.37. The highest BCUT2D eigenvalue weighted by molar-refractivity contribution is 5.92. The van der Waals surface area contributed by atoms with E-state index in [9.17, 15) is 4.79 Å². The van der Waals surface area contributed by atoms with Crippen LogP contribution in [0.2, 0.25) is 0 Å². The van der Waals surface area contributed by atoms with Gasteiger partial charge in [0.25, 0.3) is 5.91 Å². The monoisotopic (exact) mass is 367 g/mol. The minimum atomic E-state index is -0.153. The molecule has 0 radical (unpaired) electrons. The van der Waals surface area contributed by atoms with Gasteiger partial charge in [0, 0.05) is 37.7 Å². The number of aromatic nitrogens is 3. The summed E-state index contributed by atoms with van der Waals surface area (Å²) in [4.78, 5) is 14.8. The lowest BCUT2D eigenvalue weighted by atomic mass is 10.1. The number of likely N-dealkylation sites (tertiary alicyclic amines) is 1. The van der Waals surface area contributed by atoms with Crippen molar-refractivity contribution in [3.8, 4) is 0 Å². The number of hydrogen-bond acceptors (Lipinski definition) is 7. The van der Waals surface area contributed by atoms with Gasteiger partial charge in [0.05, 0.1) is 0 Å². The second kappa shape index (κ2) is 6.45. The molecule has 0 spiro atoms. The van der Waals surface area contributed by atoms with Crippen molar-refractivity contribution < 1.29 is 13.9 Å². The van der Waals surface area contributed by atoms with Gasteiger partial charge >= 0.3 is 0 Å². The molecule has 140 valence electrons. The molecule has 3 heterocycles. The molecule has 1 saturated heterocycles. The Morgan fingerprint density at radius 3 is 2.89 bits per heavy atom. The molecule has 2 atom stereocenters. The third kappa shape index (κ3) is 3.32. The topological polar surface area (TPSA) is 97.3 Å². The van der Waals surface area contributed by atoms with E-state index < -0.39 is 0 Å². The maximum atomic E-state index is 12.5. The lowest BCUT2D eigenvalue weighted by Crippen LogP contribution is -2.39. The minimum absolute atomic E-state index is 0.0935. The van der Waals surface area contributed by atoms with E-state index >= 15 is 0 Å². The summed E-state index contributed by atoms with van der Waals surface area (Å²) in [7, 11) is 0. The van der Waals surface area contributed by atoms with E-state index in [0.717, 1.165) is 54.8 Å². The van der Waals surface area contributed by atoms with Crippen LogP contribution in [0, 0.1) is 5.92 Å². The fourth-order valence-electron chi connectivity index (χ4n) is 3.77. The van der Waals surface area contributed by atoms with Gasteiger partial charge in [-0.05, 0) is 46.8 Å². The molecule has 1 saturated carbocycles. The molecule has 3 aromatic rings. The summed E-state index contributed by atoms with van der Waals surface area (Å²) in [5.41, 5.74) is 3.06. The van der Waals surface area contributed by atoms with Gasteiger partial charge in [-0.15, -0.1) is 0 Å². The molecule has 1 aromatic carbocycles. The Balaban J connectivity index is 1.21. The number of carbonyl (C=O) groups is 1. The van der Waals surface area contributed by atoms with Crippen LogP contribution >= 0.6 is 0 Å². The van der Waals surface area contributed by atoms with E-state index in [0.29, 0.717) is 17.5 Å². The maximum Gasteiger partial charge on any atom is 0.273 e. The molecule has 1 aliphatic heterocycles. The first kappa shape index (κ1) is 16.4. The largest absolute Gasteiger partial charge is 0.360 e. The number of amides is 1.